The van der Waals surface area contributed by atoms with Crippen molar-refractivity contribution in [3.63, 3.8) is 0 Å². The van der Waals surface area contributed by atoms with Crippen molar-refractivity contribution in [2.75, 3.05) is 0 Å². The number of hydrogen-bond donors (Lipinski definition) is 3. The summed E-state index contributed by atoms with van der Waals surface area (Å²) in [4.78, 5) is 10.9. The molecule has 2 aromatic rings. The number of phenols is 1. The van der Waals surface area contributed by atoms with E-state index in [0.29, 0.717) is 9.58 Å². The highest BCUT2D eigenvalue weighted by Gasteiger charge is 2.19. The highest BCUT2D eigenvalue weighted by atomic mass is 32.1. The van der Waals surface area contributed by atoms with Gasteiger partial charge in [-0.1, -0.05) is 12.1 Å². The quantitative estimate of drug-likeness (QED) is 0.725. The van der Waals surface area contributed by atoms with E-state index in [1.165, 1.54) is 6.07 Å². The van der Waals surface area contributed by atoms with E-state index in [1.807, 2.05) is 0 Å². The number of benzene rings is 1. The zero-order valence-corrected chi connectivity index (χ0v) is 8.36. The third kappa shape index (κ3) is 1.67. The molecule has 0 saturated heterocycles. The molecule has 1 heterocycles. The largest absolute Gasteiger partial charge is 0.506 e. The van der Waals surface area contributed by atoms with Gasteiger partial charge >= 0.3 is 5.97 Å². The van der Waals surface area contributed by atoms with Gasteiger partial charge in [-0.25, -0.2) is 4.79 Å². The number of carboxylic acids is 1. The Hall–Kier alpha value is -1.59. The topological polar surface area (TPSA) is 77.8 Å². The fraction of sp³-hybridized carbons (Fsp3) is 0.100. The van der Waals surface area contributed by atoms with Gasteiger partial charge in [-0.15, -0.1) is 11.3 Å². The number of carbonyl (C=O) groups is 1. The molecule has 0 bridgehead atoms. The smallest absolute Gasteiger partial charge is 0.338 e. The Labute approximate surface area is 89.0 Å². The van der Waals surface area contributed by atoms with Crippen molar-refractivity contribution in [1.29, 1.82) is 0 Å². The lowest BCUT2D eigenvalue weighted by Gasteiger charge is -1.99. The summed E-state index contributed by atoms with van der Waals surface area (Å²) in [5.41, 5.74) is 0. The molecule has 1 aromatic heterocycles. The van der Waals surface area contributed by atoms with Gasteiger partial charge in [-0.05, 0) is 17.5 Å². The van der Waals surface area contributed by atoms with Crippen molar-refractivity contribution in [3.05, 3.63) is 29.1 Å². The van der Waals surface area contributed by atoms with Crippen molar-refractivity contribution in [2.45, 2.75) is 6.10 Å². The highest BCUT2D eigenvalue weighted by Crippen LogP contribution is 2.35. The molecular formula is C10H8O4S. The van der Waals surface area contributed by atoms with Crippen molar-refractivity contribution in [1.82, 2.24) is 0 Å². The number of rotatable bonds is 2. The van der Waals surface area contributed by atoms with Crippen LogP contribution in [0.4, 0.5) is 0 Å². The number of aliphatic carboxylic acids is 1. The fourth-order valence-corrected chi connectivity index (χ4v) is 2.38. The van der Waals surface area contributed by atoms with Crippen LogP contribution in [0.5, 0.6) is 5.75 Å². The molecule has 0 aliphatic heterocycles. The van der Waals surface area contributed by atoms with E-state index in [2.05, 4.69) is 0 Å². The van der Waals surface area contributed by atoms with E-state index in [-0.39, 0.29) is 5.75 Å². The second kappa shape index (κ2) is 3.52. The summed E-state index contributed by atoms with van der Waals surface area (Å²) in [6.45, 7) is 0. The predicted molar refractivity (Wildman–Crippen MR) is 56.1 cm³/mol. The highest BCUT2D eigenvalue weighted by molar-refractivity contribution is 7.19. The lowest BCUT2D eigenvalue weighted by molar-refractivity contribution is -0.146. The molecule has 0 aliphatic carbocycles. The number of aliphatic hydroxyl groups is 1. The Kier molecular flexibility index (Phi) is 2.34. The van der Waals surface area contributed by atoms with Crippen molar-refractivity contribution >= 4 is 27.4 Å². The Balaban J connectivity index is 2.56. The summed E-state index contributed by atoms with van der Waals surface area (Å²) in [5.74, 6) is -1.19. The number of thiophene rings is 1. The molecule has 2 rings (SSSR count). The van der Waals surface area contributed by atoms with Gasteiger partial charge in [0.25, 0.3) is 0 Å². The summed E-state index contributed by atoms with van der Waals surface area (Å²) in [6, 6.07) is 6.51. The Morgan fingerprint density at radius 1 is 1.40 bits per heavy atom. The van der Waals surface area contributed by atoms with E-state index < -0.39 is 12.1 Å². The summed E-state index contributed by atoms with van der Waals surface area (Å²) in [5, 5.41) is 28.2. The van der Waals surface area contributed by atoms with Gasteiger partial charge in [-0.2, -0.15) is 0 Å². The summed E-state index contributed by atoms with van der Waals surface area (Å²) < 4.78 is 0.591. The number of hydrogen-bond acceptors (Lipinski definition) is 4. The van der Waals surface area contributed by atoms with E-state index >= 15 is 0 Å². The van der Waals surface area contributed by atoms with Gasteiger partial charge in [0.2, 0.25) is 0 Å². The first-order valence-electron chi connectivity index (χ1n) is 4.22. The molecule has 15 heavy (non-hydrogen) atoms. The third-order valence-corrected chi connectivity index (χ3v) is 3.27. The van der Waals surface area contributed by atoms with Gasteiger partial charge in [0.05, 0.1) is 4.70 Å². The third-order valence-electron chi connectivity index (χ3n) is 2.05. The number of aliphatic hydroxyl groups excluding tert-OH is 1. The van der Waals surface area contributed by atoms with Gasteiger partial charge in [0.15, 0.2) is 6.10 Å². The average Bonchev–Trinajstić information content (AvgIpc) is 2.61. The maximum atomic E-state index is 10.6. The molecule has 1 atom stereocenters. The molecule has 0 fully saturated rings. The molecule has 0 radical (unpaired) electrons. The molecular weight excluding hydrogens is 216 g/mol. The molecule has 78 valence electrons. The van der Waals surface area contributed by atoms with Crippen molar-refractivity contribution < 1.29 is 20.1 Å². The monoisotopic (exact) mass is 224 g/mol. The van der Waals surface area contributed by atoms with Crippen molar-refractivity contribution in [3.8, 4) is 5.75 Å². The normalized spacial score (nSPS) is 12.9. The van der Waals surface area contributed by atoms with Crippen LogP contribution in [0.15, 0.2) is 24.3 Å². The number of phenolic OH excluding ortho intramolecular Hbond substituents is 1. The van der Waals surface area contributed by atoms with Gasteiger partial charge < -0.3 is 15.3 Å². The Bertz CT molecular complexity index is 517. The first-order valence-corrected chi connectivity index (χ1v) is 5.03. The minimum Gasteiger partial charge on any atom is -0.506 e. The van der Waals surface area contributed by atoms with Crippen LogP contribution >= 0.6 is 11.3 Å². The van der Waals surface area contributed by atoms with Gasteiger partial charge in [-0.3, -0.25) is 0 Å². The lowest BCUT2D eigenvalue weighted by atomic mass is 10.2. The molecule has 3 N–H and O–H groups in total. The molecule has 0 spiro atoms. The Morgan fingerprint density at radius 3 is 2.73 bits per heavy atom. The second-order valence-corrected chi connectivity index (χ2v) is 4.17. The van der Waals surface area contributed by atoms with Crippen LogP contribution in [0.2, 0.25) is 0 Å². The van der Waals surface area contributed by atoms with E-state index in [9.17, 15) is 15.0 Å². The second-order valence-electron chi connectivity index (χ2n) is 3.09. The van der Waals surface area contributed by atoms with Crippen LogP contribution in [0.1, 0.15) is 11.0 Å². The van der Waals surface area contributed by atoms with Gasteiger partial charge in [0.1, 0.15) is 5.75 Å². The first kappa shape index (κ1) is 9.95. The molecule has 1 aromatic carbocycles. The maximum Gasteiger partial charge on any atom is 0.338 e. The molecule has 0 saturated carbocycles. The van der Waals surface area contributed by atoms with E-state index in [4.69, 9.17) is 5.11 Å². The summed E-state index contributed by atoms with van der Waals surface area (Å²) in [6.07, 6.45) is -1.53. The number of aromatic hydroxyl groups is 1. The van der Waals surface area contributed by atoms with Crippen LogP contribution in [0.25, 0.3) is 10.1 Å². The molecule has 0 amide bonds. The number of fused-ring (bicyclic) bond motifs is 1. The lowest BCUT2D eigenvalue weighted by Crippen LogP contribution is -2.08. The standard InChI is InChI=1S/C10H8O4S/c11-6-3-1-2-5-4-7(15-9(5)6)8(12)10(13)14/h1-4,8,11-12H,(H,13,14). The van der Waals surface area contributed by atoms with Crippen LogP contribution in [0, 0.1) is 0 Å². The first-order chi connectivity index (χ1) is 7.09. The molecule has 4 nitrogen and oxygen atoms in total. The fourth-order valence-electron chi connectivity index (χ4n) is 1.32. The summed E-state index contributed by atoms with van der Waals surface area (Å²) in [7, 11) is 0. The molecule has 1 unspecified atom stereocenters. The minimum absolute atomic E-state index is 0.0985. The van der Waals surface area contributed by atoms with Crippen LogP contribution in [-0.4, -0.2) is 21.3 Å². The van der Waals surface area contributed by atoms with Crippen LogP contribution < -0.4 is 0 Å². The Morgan fingerprint density at radius 2 is 2.13 bits per heavy atom. The minimum atomic E-state index is -1.53. The zero-order chi connectivity index (χ0) is 11.0. The van der Waals surface area contributed by atoms with Gasteiger partial charge in [0, 0.05) is 4.88 Å². The van der Waals surface area contributed by atoms with Crippen LogP contribution in [-0.2, 0) is 4.79 Å². The average molecular weight is 224 g/mol. The summed E-state index contributed by atoms with van der Waals surface area (Å²) >= 11 is 1.08. The van der Waals surface area contributed by atoms with E-state index in [1.54, 1.807) is 18.2 Å². The zero-order valence-electron chi connectivity index (χ0n) is 7.54. The van der Waals surface area contributed by atoms with Crippen molar-refractivity contribution in [2.24, 2.45) is 0 Å². The maximum absolute atomic E-state index is 10.6. The number of carboxylic acid groups (broad SMARTS) is 1. The van der Waals surface area contributed by atoms with Crippen LogP contribution in [0.3, 0.4) is 0 Å². The predicted octanol–water partition coefficient (Wildman–Crippen LogP) is 1.72. The van der Waals surface area contributed by atoms with E-state index in [0.717, 1.165) is 16.7 Å². The molecule has 5 heteroatoms. The molecule has 0 aliphatic rings. The SMILES string of the molecule is O=C(O)C(O)c1cc2cccc(O)c2s1.